The lowest BCUT2D eigenvalue weighted by molar-refractivity contribution is -0.384. The van der Waals surface area contributed by atoms with Crippen molar-refractivity contribution in [1.29, 1.82) is 0 Å². The van der Waals surface area contributed by atoms with E-state index in [9.17, 15) is 10.1 Å². The van der Waals surface area contributed by atoms with Gasteiger partial charge in [0.2, 0.25) is 11.8 Å². The Morgan fingerprint density at radius 3 is 2.95 bits per heavy atom. The van der Waals surface area contributed by atoms with Crippen molar-refractivity contribution in [2.45, 2.75) is 6.92 Å². The van der Waals surface area contributed by atoms with Crippen molar-refractivity contribution in [1.82, 2.24) is 9.97 Å². The first kappa shape index (κ1) is 14.5. The van der Waals surface area contributed by atoms with E-state index in [2.05, 4.69) is 20.7 Å². The Labute approximate surface area is 120 Å². The lowest BCUT2D eigenvalue weighted by Crippen LogP contribution is -2.12. The molecule has 0 atom stereocenters. The van der Waals surface area contributed by atoms with Gasteiger partial charge in [0.05, 0.1) is 11.5 Å². The van der Waals surface area contributed by atoms with Crippen LogP contribution in [0.4, 0.5) is 23.1 Å². The molecule has 0 saturated heterocycles. The molecule has 2 rings (SSSR count). The number of aromatic nitrogens is 2. The number of hydrogen-bond acceptors (Lipinski definition) is 8. The zero-order valence-electron chi connectivity index (χ0n) is 11.2. The van der Waals surface area contributed by atoms with Gasteiger partial charge in [-0.2, -0.15) is 4.98 Å². The van der Waals surface area contributed by atoms with Crippen molar-refractivity contribution < 1.29 is 9.66 Å². The number of benzene rings is 1. The lowest BCUT2D eigenvalue weighted by atomic mass is 10.3. The Balaban J connectivity index is 2.33. The largest absolute Gasteiger partial charge is 0.494 e. The predicted molar refractivity (Wildman–Crippen MR) is 77.4 cm³/mol. The Hall–Kier alpha value is -2.94. The maximum atomic E-state index is 11.0. The summed E-state index contributed by atoms with van der Waals surface area (Å²) in [6, 6.07) is 7.01. The standard InChI is InChI=1S/C12H14N6O3/c1-2-21-9-5-3-4-8(6-9)15-11-10(18(19)20)7-14-12(16-11)17-13/h3-7H,2,13H2,1H3,(H2,14,15,16,17). The van der Waals surface area contributed by atoms with Crippen LogP contribution < -0.4 is 21.3 Å². The second-order valence-electron chi connectivity index (χ2n) is 3.91. The first-order chi connectivity index (χ1) is 10.1. The number of hydrogen-bond donors (Lipinski definition) is 3. The van der Waals surface area contributed by atoms with Crippen molar-refractivity contribution in [2.24, 2.45) is 5.84 Å². The molecule has 1 aromatic heterocycles. The Kier molecular flexibility index (Phi) is 4.46. The average molecular weight is 290 g/mol. The molecular formula is C12H14N6O3. The summed E-state index contributed by atoms with van der Waals surface area (Å²) in [5.74, 6) is 5.97. The molecule has 0 unspecified atom stereocenters. The molecule has 110 valence electrons. The minimum atomic E-state index is -0.574. The molecule has 0 aliphatic rings. The van der Waals surface area contributed by atoms with Crippen LogP contribution in [0.1, 0.15) is 6.92 Å². The van der Waals surface area contributed by atoms with Gasteiger partial charge in [-0.1, -0.05) is 6.07 Å². The summed E-state index contributed by atoms with van der Waals surface area (Å²) in [6.45, 7) is 2.40. The molecule has 0 saturated carbocycles. The van der Waals surface area contributed by atoms with Crippen molar-refractivity contribution in [3.05, 3.63) is 40.6 Å². The summed E-state index contributed by atoms with van der Waals surface area (Å²) >= 11 is 0. The Morgan fingerprint density at radius 2 is 2.29 bits per heavy atom. The molecule has 0 radical (unpaired) electrons. The monoisotopic (exact) mass is 290 g/mol. The number of nitrogens with two attached hydrogens (primary N) is 1. The highest BCUT2D eigenvalue weighted by atomic mass is 16.6. The number of nitrogen functional groups attached to an aromatic ring is 1. The molecule has 4 N–H and O–H groups in total. The highest BCUT2D eigenvalue weighted by Gasteiger charge is 2.17. The minimum Gasteiger partial charge on any atom is -0.494 e. The fourth-order valence-corrected chi connectivity index (χ4v) is 1.64. The van der Waals surface area contributed by atoms with Crippen LogP contribution in [-0.2, 0) is 0 Å². The van der Waals surface area contributed by atoms with Crippen molar-refractivity contribution in [2.75, 3.05) is 17.3 Å². The van der Waals surface area contributed by atoms with Gasteiger partial charge in [-0.05, 0) is 19.1 Å². The second-order valence-corrected chi connectivity index (χ2v) is 3.91. The van der Waals surface area contributed by atoms with E-state index >= 15 is 0 Å². The molecule has 1 aromatic carbocycles. The normalized spacial score (nSPS) is 10.0. The fourth-order valence-electron chi connectivity index (χ4n) is 1.64. The number of rotatable bonds is 6. The SMILES string of the molecule is CCOc1cccc(Nc2nc(NN)ncc2[N+](=O)[O-])c1. The molecule has 0 bridgehead atoms. The molecule has 0 spiro atoms. The molecule has 0 aliphatic carbocycles. The summed E-state index contributed by atoms with van der Waals surface area (Å²) in [5, 5.41) is 13.8. The topological polar surface area (TPSA) is 128 Å². The molecular weight excluding hydrogens is 276 g/mol. The van der Waals surface area contributed by atoms with Crippen molar-refractivity contribution in [3.8, 4) is 5.75 Å². The minimum absolute atomic E-state index is 0.0385. The van der Waals surface area contributed by atoms with E-state index in [1.807, 2.05) is 6.92 Å². The number of nitrogens with one attached hydrogen (secondary N) is 2. The van der Waals surface area contributed by atoms with E-state index in [0.717, 1.165) is 6.20 Å². The molecule has 21 heavy (non-hydrogen) atoms. The van der Waals surface area contributed by atoms with Crippen LogP contribution in [0.25, 0.3) is 0 Å². The summed E-state index contributed by atoms with van der Waals surface area (Å²) in [5.41, 5.74) is 2.59. The van der Waals surface area contributed by atoms with Gasteiger partial charge in [-0.3, -0.25) is 15.5 Å². The number of hydrazine groups is 1. The van der Waals surface area contributed by atoms with E-state index in [1.54, 1.807) is 24.3 Å². The molecule has 1 heterocycles. The summed E-state index contributed by atoms with van der Waals surface area (Å²) in [6.07, 6.45) is 1.08. The lowest BCUT2D eigenvalue weighted by Gasteiger charge is -2.09. The maximum Gasteiger partial charge on any atom is 0.329 e. The smallest absolute Gasteiger partial charge is 0.329 e. The van der Waals surface area contributed by atoms with Gasteiger partial charge in [0.15, 0.2) is 0 Å². The van der Waals surface area contributed by atoms with Crippen LogP contribution in [0.2, 0.25) is 0 Å². The Morgan fingerprint density at radius 1 is 1.48 bits per heavy atom. The van der Waals surface area contributed by atoms with E-state index in [1.165, 1.54) is 0 Å². The molecule has 9 heteroatoms. The van der Waals surface area contributed by atoms with Crippen LogP contribution in [-0.4, -0.2) is 21.5 Å². The third-order valence-corrected chi connectivity index (χ3v) is 2.50. The van der Waals surface area contributed by atoms with Crippen LogP contribution >= 0.6 is 0 Å². The zero-order chi connectivity index (χ0) is 15.2. The average Bonchev–Trinajstić information content (AvgIpc) is 2.47. The predicted octanol–water partition coefficient (Wildman–Crippen LogP) is 1.81. The number of ether oxygens (including phenoxy) is 1. The van der Waals surface area contributed by atoms with Gasteiger partial charge < -0.3 is 10.1 Å². The number of nitrogens with zero attached hydrogens (tertiary/aromatic N) is 3. The van der Waals surface area contributed by atoms with Crippen LogP contribution in [0, 0.1) is 10.1 Å². The van der Waals surface area contributed by atoms with E-state index in [4.69, 9.17) is 10.6 Å². The third kappa shape index (κ3) is 3.54. The molecule has 0 fully saturated rings. The van der Waals surface area contributed by atoms with Gasteiger partial charge in [0, 0.05) is 11.8 Å². The highest BCUT2D eigenvalue weighted by molar-refractivity contribution is 5.66. The fraction of sp³-hybridized carbons (Fsp3) is 0.167. The van der Waals surface area contributed by atoms with Gasteiger partial charge >= 0.3 is 5.69 Å². The highest BCUT2D eigenvalue weighted by Crippen LogP contribution is 2.27. The van der Waals surface area contributed by atoms with E-state index in [0.29, 0.717) is 18.0 Å². The van der Waals surface area contributed by atoms with Gasteiger partial charge in [0.25, 0.3) is 0 Å². The van der Waals surface area contributed by atoms with Crippen LogP contribution in [0.5, 0.6) is 5.75 Å². The third-order valence-electron chi connectivity index (χ3n) is 2.50. The molecule has 9 nitrogen and oxygen atoms in total. The number of nitro groups is 1. The maximum absolute atomic E-state index is 11.0. The van der Waals surface area contributed by atoms with E-state index in [-0.39, 0.29) is 17.5 Å². The van der Waals surface area contributed by atoms with Crippen molar-refractivity contribution in [3.63, 3.8) is 0 Å². The molecule has 0 aliphatic heterocycles. The molecule has 2 aromatic rings. The quantitative estimate of drug-likeness (QED) is 0.417. The Bertz CT molecular complexity index is 649. The zero-order valence-corrected chi connectivity index (χ0v) is 11.2. The first-order valence-corrected chi connectivity index (χ1v) is 6.12. The summed E-state index contributed by atoms with van der Waals surface area (Å²) in [7, 11) is 0. The summed E-state index contributed by atoms with van der Waals surface area (Å²) < 4.78 is 5.37. The number of anilines is 3. The summed E-state index contributed by atoms with van der Waals surface area (Å²) in [4.78, 5) is 18.1. The van der Waals surface area contributed by atoms with Crippen molar-refractivity contribution >= 4 is 23.1 Å². The van der Waals surface area contributed by atoms with Crippen LogP contribution in [0.3, 0.4) is 0 Å². The van der Waals surface area contributed by atoms with Crippen LogP contribution in [0.15, 0.2) is 30.5 Å². The van der Waals surface area contributed by atoms with Gasteiger partial charge in [0.1, 0.15) is 11.9 Å². The van der Waals surface area contributed by atoms with Gasteiger partial charge in [-0.15, -0.1) is 0 Å². The molecule has 0 amide bonds. The second kappa shape index (κ2) is 6.48. The first-order valence-electron chi connectivity index (χ1n) is 6.12. The van der Waals surface area contributed by atoms with E-state index < -0.39 is 4.92 Å². The van der Waals surface area contributed by atoms with Gasteiger partial charge in [-0.25, -0.2) is 10.8 Å².